The molecule has 0 saturated heterocycles. The summed E-state index contributed by atoms with van der Waals surface area (Å²) in [5.74, 6) is 0.656. The molecule has 0 bridgehead atoms. The number of halogens is 3. The Hall–Kier alpha value is -2.65. The van der Waals surface area contributed by atoms with Crippen molar-refractivity contribution in [1.82, 2.24) is 25.1 Å². The predicted octanol–water partition coefficient (Wildman–Crippen LogP) is 1.64. The fraction of sp³-hybridized carbons (Fsp3) is 0.467. The number of fused-ring (bicyclic) bond motifs is 1. The minimum atomic E-state index is -4.67. The van der Waals surface area contributed by atoms with Gasteiger partial charge in [-0.2, -0.15) is 13.2 Å². The molecular formula is C15H16F3N5O2. The molecular weight excluding hydrogens is 339 g/mol. The first-order chi connectivity index (χ1) is 11.9. The number of pyridine rings is 1. The van der Waals surface area contributed by atoms with E-state index in [1.54, 1.807) is 4.98 Å². The fourth-order valence-electron chi connectivity index (χ4n) is 2.75. The zero-order valence-electron chi connectivity index (χ0n) is 13.2. The molecule has 0 spiro atoms. The molecule has 1 aliphatic rings. The van der Waals surface area contributed by atoms with Gasteiger partial charge in [0, 0.05) is 13.0 Å². The van der Waals surface area contributed by atoms with Gasteiger partial charge in [0.15, 0.2) is 5.82 Å². The minimum Gasteiger partial charge on any atom is -0.345 e. The van der Waals surface area contributed by atoms with Crippen molar-refractivity contribution in [3.8, 4) is 0 Å². The van der Waals surface area contributed by atoms with E-state index in [1.807, 2.05) is 4.57 Å². The highest BCUT2D eigenvalue weighted by molar-refractivity contribution is 5.93. The van der Waals surface area contributed by atoms with Crippen molar-refractivity contribution in [3.63, 3.8) is 0 Å². The van der Waals surface area contributed by atoms with E-state index in [1.165, 1.54) is 0 Å². The average Bonchev–Trinajstić information content (AvgIpc) is 2.78. The second-order valence-corrected chi connectivity index (χ2v) is 5.79. The fourth-order valence-corrected chi connectivity index (χ4v) is 2.75. The number of rotatable bonds is 3. The molecule has 3 heterocycles. The van der Waals surface area contributed by atoms with E-state index >= 15 is 0 Å². The summed E-state index contributed by atoms with van der Waals surface area (Å²) in [5, 5.41) is 10.6. The number of nitrogens with one attached hydrogen (secondary N) is 2. The van der Waals surface area contributed by atoms with E-state index in [0.29, 0.717) is 11.9 Å². The Balaban J connectivity index is 1.71. The van der Waals surface area contributed by atoms with Gasteiger partial charge in [0.25, 0.3) is 11.5 Å². The third-order valence-electron chi connectivity index (χ3n) is 4.05. The van der Waals surface area contributed by atoms with Gasteiger partial charge in [0.2, 0.25) is 0 Å². The molecule has 0 aromatic carbocycles. The molecule has 10 heteroatoms. The number of hydrogen-bond donors (Lipinski definition) is 2. The topological polar surface area (TPSA) is 92.7 Å². The maximum absolute atomic E-state index is 12.5. The Morgan fingerprint density at radius 2 is 2.04 bits per heavy atom. The van der Waals surface area contributed by atoms with E-state index < -0.39 is 23.3 Å². The first kappa shape index (κ1) is 17.2. The number of carbonyl (C=O) groups excluding carboxylic acids is 1. The van der Waals surface area contributed by atoms with Gasteiger partial charge in [0.1, 0.15) is 17.1 Å². The lowest BCUT2D eigenvalue weighted by atomic mass is 10.2. The standard InChI is InChI=1S/C15H16F3N5O2/c16-15(17,18)10-6-5-9(14(25)20-10)13(24)19-8-12-22-21-11-4-2-1-3-7-23(11)12/h5-6H,1-4,7-8H2,(H,19,24)(H,20,25). The highest BCUT2D eigenvalue weighted by Crippen LogP contribution is 2.26. The number of aromatic nitrogens is 4. The van der Waals surface area contributed by atoms with Crippen LogP contribution >= 0.6 is 0 Å². The Morgan fingerprint density at radius 3 is 2.76 bits per heavy atom. The highest BCUT2D eigenvalue weighted by atomic mass is 19.4. The zero-order valence-corrected chi connectivity index (χ0v) is 13.2. The van der Waals surface area contributed by atoms with Crippen LogP contribution in [-0.2, 0) is 25.7 Å². The van der Waals surface area contributed by atoms with Crippen LogP contribution in [0.3, 0.4) is 0 Å². The minimum absolute atomic E-state index is 0.0479. The molecule has 0 radical (unpaired) electrons. The summed E-state index contributed by atoms with van der Waals surface area (Å²) in [5.41, 5.74) is -2.67. The molecule has 1 aliphatic heterocycles. The average molecular weight is 355 g/mol. The maximum Gasteiger partial charge on any atom is 0.431 e. The van der Waals surface area contributed by atoms with Crippen LogP contribution in [0.5, 0.6) is 0 Å². The van der Waals surface area contributed by atoms with Crippen molar-refractivity contribution in [2.45, 2.75) is 44.9 Å². The van der Waals surface area contributed by atoms with Gasteiger partial charge in [-0.1, -0.05) is 6.42 Å². The predicted molar refractivity (Wildman–Crippen MR) is 80.8 cm³/mol. The third kappa shape index (κ3) is 3.72. The van der Waals surface area contributed by atoms with Crippen molar-refractivity contribution >= 4 is 5.91 Å². The van der Waals surface area contributed by atoms with E-state index in [2.05, 4.69) is 15.5 Å². The number of nitrogens with zero attached hydrogens (tertiary/aromatic N) is 3. The first-order valence-electron chi connectivity index (χ1n) is 7.86. The van der Waals surface area contributed by atoms with Crippen LogP contribution in [0.4, 0.5) is 13.2 Å². The van der Waals surface area contributed by atoms with Crippen LogP contribution in [0.2, 0.25) is 0 Å². The van der Waals surface area contributed by atoms with Crippen LogP contribution < -0.4 is 10.9 Å². The Bertz CT molecular complexity index is 840. The SMILES string of the molecule is O=C(NCc1nnc2n1CCCCC2)c1ccc(C(F)(F)F)[nH]c1=O. The van der Waals surface area contributed by atoms with Crippen molar-refractivity contribution in [2.75, 3.05) is 0 Å². The quantitative estimate of drug-likeness (QED) is 0.875. The highest BCUT2D eigenvalue weighted by Gasteiger charge is 2.32. The van der Waals surface area contributed by atoms with Crippen LogP contribution in [0.1, 0.15) is 47.0 Å². The van der Waals surface area contributed by atoms with Gasteiger partial charge >= 0.3 is 6.18 Å². The van der Waals surface area contributed by atoms with Gasteiger partial charge in [0.05, 0.1) is 6.54 Å². The van der Waals surface area contributed by atoms with Gasteiger partial charge in [-0.05, 0) is 25.0 Å². The summed E-state index contributed by atoms with van der Waals surface area (Å²) in [7, 11) is 0. The number of aryl methyl sites for hydroxylation is 1. The summed E-state index contributed by atoms with van der Waals surface area (Å²) < 4.78 is 39.6. The number of aromatic amines is 1. The molecule has 2 aromatic rings. The van der Waals surface area contributed by atoms with Crippen molar-refractivity contribution in [2.24, 2.45) is 0 Å². The van der Waals surface area contributed by atoms with Crippen LogP contribution in [-0.4, -0.2) is 25.7 Å². The third-order valence-corrected chi connectivity index (χ3v) is 4.05. The molecule has 0 fully saturated rings. The zero-order chi connectivity index (χ0) is 18.0. The normalized spacial score (nSPS) is 14.7. The maximum atomic E-state index is 12.5. The van der Waals surface area contributed by atoms with Crippen molar-refractivity contribution in [3.05, 3.63) is 45.4 Å². The summed E-state index contributed by atoms with van der Waals surface area (Å²) in [4.78, 5) is 25.5. The molecule has 2 aromatic heterocycles. The molecule has 0 saturated carbocycles. The van der Waals surface area contributed by atoms with Crippen LogP contribution in [0.15, 0.2) is 16.9 Å². The summed E-state index contributed by atoms with van der Waals surface area (Å²) in [6.45, 7) is 0.806. The Kier molecular flexibility index (Phi) is 4.60. The molecule has 134 valence electrons. The van der Waals surface area contributed by atoms with Crippen LogP contribution in [0, 0.1) is 0 Å². The first-order valence-corrected chi connectivity index (χ1v) is 7.86. The van der Waals surface area contributed by atoms with Crippen molar-refractivity contribution in [1.29, 1.82) is 0 Å². The van der Waals surface area contributed by atoms with Gasteiger partial charge in [-0.3, -0.25) is 9.59 Å². The smallest absolute Gasteiger partial charge is 0.345 e. The number of H-pyrrole nitrogens is 1. The lowest BCUT2D eigenvalue weighted by Gasteiger charge is -2.09. The second kappa shape index (κ2) is 6.69. The molecule has 2 N–H and O–H groups in total. The molecule has 25 heavy (non-hydrogen) atoms. The Labute approximate surface area is 140 Å². The number of carbonyl (C=O) groups is 1. The van der Waals surface area contributed by atoms with E-state index in [4.69, 9.17) is 0 Å². The molecule has 7 nitrogen and oxygen atoms in total. The lowest BCUT2D eigenvalue weighted by Crippen LogP contribution is -2.31. The van der Waals surface area contributed by atoms with E-state index in [9.17, 15) is 22.8 Å². The molecule has 0 aliphatic carbocycles. The van der Waals surface area contributed by atoms with E-state index in [0.717, 1.165) is 44.1 Å². The largest absolute Gasteiger partial charge is 0.431 e. The monoisotopic (exact) mass is 355 g/mol. The second-order valence-electron chi connectivity index (χ2n) is 5.79. The number of alkyl halides is 3. The number of hydrogen-bond acceptors (Lipinski definition) is 4. The Morgan fingerprint density at radius 1 is 1.24 bits per heavy atom. The molecule has 0 unspecified atom stereocenters. The van der Waals surface area contributed by atoms with Gasteiger partial charge in [-0.25, -0.2) is 0 Å². The summed E-state index contributed by atoms with van der Waals surface area (Å²) in [6, 6.07) is 1.53. The van der Waals surface area contributed by atoms with Crippen molar-refractivity contribution < 1.29 is 18.0 Å². The van der Waals surface area contributed by atoms with Gasteiger partial charge in [-0.15, -0.1) is 10.2 Å². The summed E-state index contributed by atoms with van der Waals surface area (Å²) in [6.07, 6.45) is -0.737. The molecule has 1 amide bonds. The number of amides is 1. The lowest BCUT2D eigenvalue weighted by molar-refractivity contribution is -0.141. The van der Waals surface area contributed by atoms with Crippen LogP contribution in [0.25, 0.3) is 0 Å². The van der Waals surface area contributed by atoms with Gasteiger partial charge < -0.3 is 14.9 Å². The molecule has 3 rings (SSSR count). The molecule has 0 atom stereocenters. The van der Waals surface area contributed by atoms with E-state index in [-0.39, 0.29) is 12.1 Å². The summed E-state index contributed by atoms with van der Waals surface area (Å²) >= 11 is 0.